The molecule has 6 heteroatoms. The fraction of sp³-hybridized carbons (Fsp3) is 0.211. The van der Waals surface area contributed by atoms with Crippen molar-refractivity contribution >= 4 is 22.8 Å². The monoisotopic (exact) mass is 333 g/mol. The summed E-state index contributed by atoms with van der Waals surface area (Å²) in [6, 6.07) is 7.93. The fourth-order valence-corrected chi connectivity index (χ4v) is 3.28. The number of fused-ring (bicyclic) bond motifs is 2. The Balaban J connectivity index is 1.62. The van der Waals surface area contributed by atoms with Gasteiger partial charge >= 0.3 is 0 Å². The molecule has 1 unspecified atom stereocenters. The molecule has 4 rings (SSSR count). The predicted molar refractivity (Wildman–Crippen MR) is 97.7 cm³/mol. The van der Waals surface area contributed by atoms with Crippen LogP contribution in [0.25, 0.3) is 11.2 Å². The van der Waals surface area contributed by atoms with Gasteiger partial charge in [-0.25, -0.2) is 9.97 Å². The van der Waals surface area contributed by atoms with Gasteiger partial charge < -0.3 is 15.6 Å². The lowest BCUT2D eigenvalue weighted by molar-refractivity contribution is 0.0958. The Morgan fingerprint density at radius 3 is 3.16 bits per heavy atom. The maximum atomic E-state index is 12.1. The van der Waals surface area contributed by atoms with Gasteiger partial charge in [0.1, 0.15) is 5.82 Å². The molecule has 1 aliphatic heterocycles. The van der Waals surface area contributed by atoms with Crippen molar-refractivity contribution in [3.63, 3.8) is 0 Å². The molecule has 0 aliphatic carbocycles. The van der Waals surface area contributed by atoms with E-state index in [2.05, 4.69) is 32.2 Å². The molecule has 3 N–H and O–H groups in total. The third kappa shape index (κ3) is 2.76. The molecule has 0 fully saturated rings. The second-order valence-electron chi connectivity index (χ2n) is 6.19. The number of hydrogen-bond donors (Lipinski definition) is 3. The van der Waals surface area contributed by atoms with Gasteiger partial charge in [-0.15, -0.1) is 6.58 Å². The molecular weight excluding hydrogens is 314 g/mol. The summed E-state index contributed by atoms with van der Waals surface area (Å²) in [4.78, 5) is 24.1. The number of nitrogens with zero attached hydrogens (tertiary/aromatic N) is 2. The number of rotatable bonds is 4. The summed E-state index contributed by atoms with van der Waals surface area (Å²) in [5, 5.41) is 6.33. The van der Waals surface area contributed by atoms with Gasteiger partial charge in [0.15, 0.2) is 5.65 Å². The summed E-state index contributed by atoms with van der Waals surface area (Å²) >= 11 is 0. The number of benzene rings is 1. The highest BCUT2D eigenvalue weighted by Crippen LogP contribution is 2.36. The maximum Gasteiger partial charge on any atom is 0.251 e. The van der Waals surface area contributed by atoms with Crippen LogP contribution >= 0.6 is 0 Å². The third-order valence-corrected chi connectivity index (χ3v) is 4.45. The lowest BCUT2D eigenvalue weighted by Crippen LogP contribution is -2.23. The van der Waals surface area contributed by atoms with Crippen LogP contribution in [0.5, 0.6) is 0 Å². The second kappa shape index (κ2) is 6.05. The Bertz CT molecular complexity index is 975. The molecule has 126 valence electrons. The van der Waals surface area contributed by atoms with Crippen LogP contribution in [0.4, 0.5) is 5.69 Å². The van der Waals surface area contributed by atoms with Crippen LogP contribution in [0.1, 0.15) is 33.4 Å². The zero-order valence-electron chi connectivity index (χ0n) is 14.0. The fourth-order valence-electron chi connectivity index (χ4n) is 3.28. The molecule has 25 heavy (non-hydrogen) atoms. The van der Waals surface area contributed by atoms with E-state index in [1.165, 1.54) is 5.56 Å². The van der Waals surface area contributed by atoms with E-state index in [-0.39, 0.29) is 11.9 Å². The highest BCUT2D eigenvalue weighted by molar-refractivity contribution is 5.95. The molecular formula is C19H19N5O. The molecule has 3 aromatic rings. The number of aromatic nitrogens is 3. The standard InChI is InChI=1S/C19H19N5O/c1-3-7-21-19(25)13-5-4-12-9-16(24-15(12)10-13)14-6-8-20-18-17(14)22-11(2)23-18/h3-6,8,10,16,24H,1,7,9H2,2H3,(H,21,25)(H,20,22,23). The smallest absolute Gasteiger partial charge is 0.251 e. The zero-order chi connectivity index (χ0) is 17.4. The van der Waals surface area contributed by atoms with E-state index in [1.807, 2.05) is 31.2 Å². The third-order valence-electron chi connectivity index (χ3n) is 4.45. The number of carbonyl (C=O) groups is 1. The summed E-state index contributed by atoms with van der Waals surface area (Å²) in [6.07, 6.45) is 4.32. The van der Waals surface area contributed by atoms with Gasteiger partial charge in [-0.05, 0) is 37.1 Å². The Morgan fingerprint density at radius 1 is 1.44 bits per heavy atom. The maximum absolute atomic E-state index is 12.1. The van der Waals surface area contributed by atoms with Gasteiger partial charge in [0.25, 0.3) is 5.91 Å². The van der Waals surface area contributed by atoms with Crippen LogP contribution in [-0.2, 0) is 6.42 Å². The number of amides is 1. The van der Waals surface area contributed by atoms with Gasteiger partial charge in [-0.3, -0.25) is 4.79 Å². The lowest BCUT2D eigenvalue weighted by atomic mass is 10.0. The number of anilines is 1. The molecule has 0 radical (unpaired) electrons. The first kappa shape index (κ1) is 15.4. The van der Waals surface area contributed by atoms with Gasteiger partial charge in [0.2, 0.25) is 0 Å². The van der Waals surface area contributed by atoms with E-state index >= 15 is 0 Å². The first-order chi connectivity index (χ1) is 12.2. The zero-order valence-corrected chi connectivity index (χ0v) is 14.0. The van der Waals surface area contributed by atoms with E-state index in [0.717, 1.165) is 34.7 Å². The lowest BCUT2D eigenvalue weighted by Gasteiger charge is -2.12. The van der Waals surface area contributed by atoms with E-state index in [9.17, 15) is 4.79 Å². The largest absolute Gasteiger partial charge is 0.378 e. The molecule has 6 nitrogen and oxygen atoms in total. The summed E-state index contributed by atoms with van der Waals surface area (Å²) in [7, 11) is 0. The van der Waals surface area contributed by atoms with E-state index in [0.29, 0.717) is 12.1 Å². The highest BCUT2D eigenvalue weighted by atomic mass is 16.1. The van der Waals surface area contributed by atoms with Crippen molar-refractivity contribution in [2.24, 2.45) is 0 Å². The Morgan fingerprint density at radius 2 is 2.32 bits per heavy atom. The van der Waals surface area contributed by atoms with Crippen LogP contribution in [0.2, 0.25) is 0 Å². The molecule has 0 spiro atoms. The van der Waals surface area contributed by atoms with Crippen LogP contribution in [-0.4, -0.2) is 27.4 Å². The average Bonchev–Trinajstić information content (AvgIpc) is 3.20. The number of imidazole rings is 1. The molecule has 1 aromatic carbocycles. The topological polar surface area (TPSA) is 82.7 Å². The van der Waals surface area contributed by atoms with Crippen LogP contribution in [0.3, 0.4) is 0 Å². The van der Waals surface area contributed by atoms with Crippen LogP contribution < -0.4 is 10.6 Å². The number of hydrogen-bond acceptors (Lipinski definition) is 4. The predicted octanol–water partition coefficient (Wildman–Crippen LogP) is 2.89. The van der Waals surface area contributed by atoms with E-state index in [1.54, 1.807) is 12.3 Å². The number of H-pyrrole nitrogens is 1. The molecule has 2 aromatic heterocycles. The summed E-state index contributed by atoms with van der Waals surface area (Å²) in [5.74, 6) is 0.759. The van der Waals surface area contributed by atoms with Crippen LogP contribution in [0.15, 0.2) is 43.1 Å². The Hall–Kier alpha value is -3.15. The molecule has 3 heterocycles. The average molecular weight is 333 g/mol. The van der Waals surface area contributed by atoms with Gasteiger partial charge in [-0.1, -0.05) is 12.1 Å². The minimum atomic E-state index is -0.0940. The van der Waals surface area contributed by atoms with E-state index < -0.39 is 0 Å². The van der Waals surface area contributed by atoms with Crippen molar-refractivity contribution in [1.29, 1.82) is 0 Å². The van der Waals surface area contributed by atoms with Crippen molar-refractivity contribution in [3.05, 3.63) is 65.6 Å². The number of carbonyl (C=O) groups excluding carboxylic acids is 1. The van der Waals surface area contributed by atoms with Crippen molar-refractivity contribution in [2.45, 2.75) is 19.4 Å². The highest BCUT2D eigenvalue weighted by Gasteiger charge is 2.25. The van der Waals surface area contributed by atoms with Crippen molar-refractivity contribution in [3.8, 4) is 0 Å². The van der Waals surface area contributed by atoms with Gasteiger partial charge in [0, 0.05) is 29.6 Å². The number of nitrogens with one attached hydrogen (secondary N) is 3. The Labute approximate surface area is 145 Å². The summed E-state index contributed by atoms with van der Waals surface area (Å²) in [6.45, 7) is 6.00. The molecule has 0 saturated carbocycles. The first-order valence-corrected chi connectivity index (χ1v) is 8.25. The van der Waals surface area contributed by atoms with Crippen molar-refractivity contribution in [1.82, 2.24) is 20.3 Å². The van der Waals surface area contributed by atoms with Gasteiger partial charge in [0.05, 0.1) is 11.6 Å². The quantitative estimate of drug-likeness (QED) is 0.641. The second-order valence-corrected chi connectivity index (χ2v) is 6.19. The minimum Gasteiger partial charge on any atom is -0.378 e. The molecule has 1 amide bonds. The molecule has 0 bridgehead atoms. The van der Waals surface area contributed by atoms with Crippen LogP contribution in [0, 0.1) is 6.92 Å². The molecule has 1 aliphatic rings. The minimum absolute atomic E-state index is 0.0940. The molecule has 0 saturated heterocycles. The normalized spacial score (nSPS) is 15.6. The first-order valence-electron chi connectivity index (χ1n) is 8.25. The number of aromatic amines is 1. The molecule has 1 atom stereocenters. The van der Waals surface area contributed by atoms with Gasteiger partial charge in [-0.2, -0.15) is 0 Å². The summed E-state index contributed by atoms with van der Waals surface area (Å²) < 4.78 is 0. The van der Waals surface area contributed by atoms with E-state index in [4.69, 9.17) is 0 Å². The van der Waals surface area contributed by atoms with Crippen molar-refractivity contribution in [2.75, 3.05) is 11.9 Å². The number of aryl methyl sites for hydroxylation is 1. The van der Waals surface area contributed by atoms with Crippen molar-refractivity contribution < 1.29 is 4.79 Å². The SMILES string of the molecule is C=CCNC(=O)c1ccc2c(c1)NC(c1ccnc3nc(C)[nH]c13)C2. The summed E-state index contributed by atoms with van der Waals surface area (Å²) in [5.41, 5.74) is 5.68. The number of pyridine rings is 1. The Kier molecular flexibility index (Phi) is 3.72.